The number of anilines is 1. The summed E-state index contributed by atoms with van der Waals surface area (Å²) in [7, 11) is 0. The maximum absolute atomic E-state index is 12.6. The lowest BCUT2D eigenvalue weighted by Crippen LogP contribution is -2.35. The topological polar surface area (TPSA) is 75.7 Å². The third kappa shape index (κ3) is 3.61. The van der Waals surface area contributed by atoms with Crippen molar-refractivity contribution in [2.75, 3.05) is 5.01 Å². The largest absolute Gasteiger partial charge is 0.426 e. The molecule has 25 heavy (non-hydrogen) atoms. The molecule has 0 unspecified atom stereocenters. The number of rotatable bonds is 3. The van der Waals surface area contributed by atoms with Crippen LogP contribution >= 0.6 is 15.9 Å². The van der Waals surface area contributed by atoms with E-state index in [1.54, 1.807) is 42.5 Å². The van der Waals surface area contributed by atoms with Crippen LogP contribution in [0.4, 0.5) is 5.69 Å². The normalized spacial score (nSPS) is 15.4. The fraction of sp³-hybridized carbons (Fsp3) is 0.0556. The van der Waals surface area contributed by atoms with Gasteiger partial charge in [-0.3, -0.25) is 19.8 Å². The fourth-order valence-corrected chi connectivity index (χ4v) is 2.73. The third-order valence-electron chi connectivity index (χ3n) is 3.43. The molecule has 1 aliphatic rings. The maximum atomic E-state index is 12.6. The number of carbonyl (C=O) groups is 3. The fourth-order valence-electron chi connectivity index (χ4n) is 2.35. The molecule has 1 N–H and O–H groups in total. The molecule has 3 rings (SSSR count). The second kappa shape index (κ2) is 6.90. The zero-order valence-electron chi connectivity index (χ0n) is 13.2. The molecule has 1 fully saturated rings. The van der Waals surface area contributed by atoms with Gasteiger partial charge < -0.3 is 4.74 Å². The summed E-state index contributed by atoms with van der Waals surface area (Å²) < 4.78 is 5.85. The molecular formula is C18H13BrN2O4. The molecular weight excluding hydrogens is 388 g/mol. The lowest BCUT2D eigenvalue weighted by Gasteiger charge is -2.13. The predicted octanol–water partition coefficient (Wildman–Crippen LogP) is 2.84. The zero-order valence-corrected chi connectivity index (χ0v) is 14.7. The van der Waals surface area contributed by atoms with Crippen LogP contribution in [0.25, 0.3) is 6.08 Å². The van der Waals surface area contributed by atoms with E-state index in [9.17, 15) is 14.4 Å². The Morgan fingerprint density at radius 3 is 2.56 bits per heavy atom. The van der Waals surface area contributed by atoms with Gasteiger partial charge in [-0.2, -0.15) is 0 Å². The number of para-hydroxylation sites is 1. The monoisotopic (exact) mass is 400 g/mol. The number of hydrogen-bond acceptors (Lipinski definition) is 4. The molecule has 1 aliphatic heterocycles. The summed E-state index contributed by atoms with van der Waals surface area (Å²) in [6, 6.07) is 13.7. The van der Waals surface area contributed by atoms with E-state index < -0.39 is 17.8 Å². The molecule has 0 bridgehead atoms. The Bertz CT molecular complexity index is 893. The van der Waals surface area contributed by atoms with Crippen LogP contribution in [0.3, 0.4) is 0 Å². The van der Waals surface area contributed by atoms with E-state index in [0.29, 0.717) is 11.3 Å². The first-order valence-corrected chi connectivity index (χ1v) is 8.15. The van der Waals surface area contributed by atoms with E-state index in [0.717, 1.165) is 4.47 Å². The summed E-state index contributed by atoms with van der Waals surface area (Å²) >= 11 is 3.33. The number of hydrogen-bond donors (Lipinski definition) is 1. The van der Waals surface area contributed by atoms with Gasteiger partial charge in [-0.1, -0.05) is 34.1 Å². The number of esters is 1. The summed E-state index contributed by atoms with van der Waals surface area (Å²) in [4.78, 5) is 36.1. The van der Waals surface area contributed by atoms with Crippen molar-refractivity contribution in [2.45, 2.75) is 6.92 Å². The highest BCUT2D eigenvalue weighted by Crippen LogP contribution is 2.28. The van der Waals surface area contributed by atoms with Crippen LogP contribution in [-0.4, -0.2) is 17.8 Å². The summed E-state index contributed by atoms with van der Waals surface area (Å²) in [6.07, 6.45) is 1.41. The van der Waals surface area contributed by atoms with Gasteiger partial charge in [0.1, 0.15) is 11.3 Å². The van der Waals surface area contributed by atoms with E-state index in [2.05, 4.69) is 21.4 Å². The van der Waals surface area contributed by atoms with Gasteiger partial charge in [0.15, 0.2) is 0 Å². The molecule has 6 nitrogen and oxygen atoms in total. The average molecular weight is 401 g/mol. The number of ether oxygens (including phenoxy) is 1. The Labute approximate surface area is 152 Å². The van der Waals surface area contributed by atoms with Gasteiger partial charge in [0.25, 0.3) is 11.8 Å². The van der Waals surface area contributed by atoms with Crippen molar-refractivity contribution in [1.29, 1.82) is 0 Å². The first kappa shape index (κ1) is 16.9. The Kier molecular flexibility index (Phi) is 4.67. The number of hydrazine groups is 1. The van der Waals surface area contributed by atoms with E-state index in [1.807, 2.05) is 6.07 Å². The standard InChI is InChI=1S/C18H13BrN2O4/c1-11(22)25-16-8-7-13(19)9-12(16)10-15-17(23)20-21(18(15)24)14-5-3-2-4-6-14/h2-10H,1H3,(H,20,23). The minimum absolute atomic E-state index is 0.0460. The van der Waals surface area contributed by atoms with Gasteiger partial charge in [0, 0.05) is 17.0 Å². The van der Waals surface area contributed by atoms with Gasteiger partial charge in [-0.25, -0.2) is 5.01 Å². The molecule has 7 heteroatoms. The van der Waals surface area contributed by atoms with E-state index in [-0.39, 0.29) is 11.3 Å². The zero-order chi connectivity index (χ0) is 18.0. The first-order valence-electron chi connectivity index (χ1n) is 7.36. The van der Waals surface area contributed by atoms with Gasteiger partial charge in [-0.15, -0.1) is 0 Å². The lowest BCUT2D eigenvalue weighted by atomic mass is 10.1. The number of nitrogens with one attached hydrogen (secondary N) is 1. The number of halogens is 1. The molecule has 126 valence electrons. The molecule has 0 atom stereocenters. The van der Waals surface area contributed by atoms with Crippen LogP contribution in [0.2, 0.25) is 0 Å². The van der Waals surface area contributed by atoms with Crippen molar-refractivity contribution in [1.82, 2.24) is 5.43 Å². The number of carbonyl (C=O) groups excluding carboxylic acids is 3. The number of benzene rings is 2. The molecule has 2 aromatic carbocycles. The van der Waals surface area contributed by atoms with Crippen LogP contribution in [0.1, 0.15) is 12.5 Å². The molecule has 1 heterocycles. The predicted molar refractivity (Wildman–Crippen MR) is 95.5 cm³/mol. The minimum atomic E-state index is -0.525. The van der Waals surface area contributed by atoms with Gasteiger partial charge >= 0.3 is 5.97 Å². The molecule has 0 radical (unpaired) electrons. The van der Waals surface area contributed by atoms with Gasteiger partial charge in [0.2, 0.25) is 0 Å². The van der Waals surface area contributed by atoms with Crippen LogP contribution in [0.15, 0.2) is 58.6 Å². The molecule has 0 saturated carbocycles. The lowest BCUT2D eigenvalue weighted by molar-refractivity contribution is -0.132. The van der Waals surface area contributed by atoms with Gasteiger partial charge in [-0.05, 0) is 36.4 Å². The van der Waals surface area contributed by atoms with Crippen molar-refractivity contribution in [3.8, 4) is 5.75 Å². The Balaban J connectivity index is 1.99. The maximum Gasteiger partial charge on any atom is 0.308 e. The molecule has 1 saturated heterocycles. The van der Waals surface area contributed by atoms with Crippen molar-refractivity contribution in [3.63, 3.8) is 0 Å². The molecule has 0 aromatic heterocycles. The quantitative estimate of drug-likeness (QED) is 0.372. The first-order chi connectivity index (χ1) is 12.0. The highest BCUT2D eigenvalue weighted by Gasteiger charge is 2.34. The Morgan fingerprint density at radius 1 is 1.16 bits per heavy atom. The highest BCUT2D eigenvalue weighted by molar-refractivity contribution is 9.10. The summed E-state index contributed by atoms with van der Waals surface area (Å²) in [5.74, 6) is -1.23. The third-order valence-corrected chi connectivity index (χ3v) is 3.92. The number of amides is 2. The summed E-state index contributed by atoms with van der Waals surface area (Å²) in [6.45, 7) is 1.28. The molecule has 0 aliphatic carbocycles. The van der Waals surface area contributed by atoms with Crippen molar-refractivity contribution >= 4 is 45.5 Å². The average Bonchev–Trinajstić information content (AvgIpc) is 2.86. The number of nitrogens with zero attached hydrogens (tertiary/aromatic N) is 1. The minimum Gasteiger partial charge on any atom is -0.426 e. The van der Waals surface area contributed by atoms with E-state index in [4.69, 9.17) is 4.74 Å². The van der Waals surface area contributed by atoms with Crippen LogP contribution in [-0.2, 0) is 14.4 Å². The SMILES string of the molecule is CC(=O)Oc1ccc(Br)cc1C=C1C(=O)NN(c2ccccc2)C1=O. The van der Waals surface area contributed by atoms with Crippen LogP contribution in [0.5, 0.6) is 5.75 Å². The molecule has 2 amide bonds. The highest BCUT2D eigenvalue weighted by atomic mass is 79.9. The Hall–Kier alpha value is -2.93. The van der Waals surface area contributed by atoms with Gasteiger partial charge in [0.05, 0.1) is 5.69 Å². The Morgan fingerprint density at radius 2 is 1.88 bits per heavy atom. The van der Waals surface area contributed by atoms with E-state index in [1.165, 1.54) is 18.0 Å². The van der Waals surface area contributed by atoms with Crippen molar-refractivity contribution in [2.24, 2.45) is 0 Å². The molecule has 0 spiro atoms. The second-order valence-corrected chi connectivity index (χ2v) is 6.17. The van der Waals surface area contributed by atoms with Crippen molar-refractivity contribution in [3.05, 3.63) is 64.1 Å². The molecule has 2 aromatic rings. The smallest absolute Gasteiger partial charge is 0.308 e. The van der Waals surface area contributed by atoms with Crippen LogP contribution in [0, 0.1) is 0 Å². The summed E-state index contributed by atoms with van der Waals surface area (Å²) in [5.41, 5.74) is 3.47. The van der Waals surface area contributed by atoms with Crippen LogP contribution < -0.4 is 15.2 Å². The van der Waals surface area contributed by atoms with Crippen molar-refractivity contribution < 1.29 is 19.1 Å². The van der Waals surface area contributed by atoms with E-state index >= 15 is 0 Å². The second-order valence-electron chi connectivity index (χ2n) is 5.25. The summed E-state index contributed by atoms with van der Waals surface area (Å²) in [5, 5.41) is 1.18.